The summed E-state index contributed by atoms with van der Waals surface area (Å²) in [5.41, 5.74) is 2.12. The van der Waals surface area contributed by atoms with Gasteiger partial charge in [-0.1, -0.05) is 86.4 Å². The number of nitrogens with zero attached hydrogens (tertiary/aromatic N) is 2. The molecule has 0 aromatic carbocycles. The Kier molecular flexibility index (Phi) is 26.2. The first-order valence-electron chi connectivity index (χ1n) is 14.8. The van der Waals surface area contributed by atoms with E-state index in [1.54, 1.807) is 12.4 Å². The third-order valence-corrected chi connectivity index (χ3v) is 5.71. The zero-order chi connectivity index (χ0) is 31.1. The van der Waals surface area contributed by atoms with Gasteiger partial charge in [0, 0.05) is 44.5 Å². The van der Waals surface area contributed by atoms with E-state index in [0.717, 1.165) is 38.5 Å². The van der Waals surface area contributed by atoms with Crippen molar-refractivity contribution in [3.63, 3.8) is 0 Å². The summed E-state index contributed by atoms with van der Waals surface area (Å²) in [4.78, 5) is 30.1. The maximum Gasteiger partial charge on any atom is 0.269 e. The molecule has 0 aliphatic heterocycles. The predicted octanol–water partition coefficient (Wildman–Crippen LogP) is 6.20. The quantitative estimate of drug-likeness (QED) is 0.0717. The maximum absolute atomic E-state index is 12.1. The Morgan fingerprint density at radius 1 is 0.786 bits per heavy atom. The molecule has 8 nitrogen and oxygen atoms in total. The van der Waals surface area contributed by atoms with Gasteiger partial charge in [-0.25, -0.2) is 4.99 Å². The molecule has 42 heavy (non-hydrogen) atoms. The molecule has 8 heteroatoms. The van der Waals surface area contributed by atoms with Crippen LogP contribution >= 0.6 is 0 Å². The Morgan fingerprint density at radius 3 is 1.74 bits per heavy atom. The number of rotatable bonds is 24. The van der Waals surface area contributed by atoms with Gasteiger partial charge in [0.05, 0.1) is 0 Å². The lowest BCUT2D eigenvalue weighted by molar-refractivity contribution is -0.121. The summed E-state index contributed by atoms with van der Waals surface area (Å²) in [5.74, 6) is -0.338. The smallest absolute Gasteiger partial charge is 0.269 e. The normalized spacial score (nSPS) is 13.2. The van der Waals surface area contributed by atoms with Crippen molar-refractivity contribution in [1.82, 2.24) is 21.0 Å². The molecule has 0 rings (SSSR count). The average Bonchev–Trinajstić information content (AvgIpc) is 2.98. The average molecular weight is 579 g/mol. The molecule has 0 spiro atoms. The fourth-order valence-electron chi connectivity index (χ4n) is 3.29. The lowest BCUT2D eigenvalue weighted by Crippen LogP contribution is -2.39. The molecule has 2 amide bonds. The molecule has 0 saturated heterocycles. The fraction of sp³-hybridized carbons (Fsp3) is 0.441. The van der Waals surface area contributed by atoms with Gasteiger partial charge in [-0.3, -0.25) is 9.59 Å². The van der Waals surface area contributed by atoms with E-state index < -0.39 is 0 Å². The molecule has 0 aliphatic carbocycles. The molecule has 0 heterocycles. The molecule has 0 saturated carbocycles. The standard InChI is InChI=1S/C34H52N5O3/c1-5-7-8-9-10-11-12-13-14-15-16-17-18-19-20-21-22-23-24-25-33(40)35-26-28-39(4)29-27-36-34(41)32(6-2)37-30-31(3)38-42/h6-8,10-11,13-14,16-17,19-20,22-23,30,38H,2,5,9,12,15,18,21,24-29H2,1,3-4H3,(H,35,40)(H,36,41)/q-1. The van der Waals surface area contributed by atoms with Gasteiger partial charge in [0.15, 0.2) is 0 Å². The molecule has 232 valence electrons. The number of carbonyl (C=O) groups excluding carboxylic acids is 2. The van der Waals surface area contributed by atoms with Gasteiger partial charge in [0.25, 0.3) is 5.91 Å². The number of aliphatic imine (C=N–C) groups is 1. The van der Waals surface area contributed by atoms with Crippen molar-refractivity contribution in [3.05, 3.63) is 103 Å². The number of amides is 2. The van der Waals surface area contributed by atoms with Crippen molar-refractivity contribution in [2.75, 3.05) is 33.2 Å². The Hall–Kier alpha value is -3.75. The van der Waals surface area contributed by atoms with Gasteiger partial charge in [-0.15, -0.1) is 0 Å². The van der Waals surface area contributed by atoms with Gasteiger partial charge in [0.2, 0.25) is 5.91 Å². The second-order valence-electron chi connectivity index (χ2n) is 9.50. The molecular weight excluding hydrogens is 526 g/mol. The minimum Gasteiger partial charge on any atom is -0.761 e. The van der Waals surface area contributed by atoms with Crippen LogP contribution in [0.5, 0.6) is 0 Å². The lowest BCUT2D eigenvalue weighted by Gasteiger charge is -2.17. The fourth-order valence-corrected chi connectivity index (χ4v) is 3.29. The van der Waals surface area contributed by atoms with E-state index in [1.807, 2.05) is 18.0 Å². The van der Waals surface area contributed by atoms with E-state index in [2.05, 4.69) is 96.0 Å². The van der Waals surface area contributed by atoms with Crippen molar-refractivity contribution in [3.8, 4) is 0 Å². The van der Waals surface area contributed by atoms with Crippen molar-refractivity contribution in [2.45, 2.75) is 65.2 Å². The number of allylic oxidation sites excluding steroid dienone is 13. The highest BCUT2D eigenvalue weighted by molar-refractivity contribution is 6.43. The van der Waals surface area contributed by atoms with Crippen molar-refractivity contribution < 1.29 is 9.59 Å². The van der Waals surface area contributed by atoms with E-state index in [9.17, 15) is 14.8 Å². The second kappa shape index (κ2) is 28.8. The summed E-state index contributed by atoms with van der Waals surface area (Å²) in [6.07, 6.45) is 35.6. The third kappa shape index (κ3) is 25.2. The highest BCUT2D eigenvalue weighted by atomic mass is 16.5. The third-order valence-electron chi connectivity index (χ3n) is 5.71. The number of nitrogens with one attached hydrogen (secondary N) is 3. The van der Waals surface area contributed by atoms with Gasteiger partial charge in [0.1, 0.15) is 5.71 Å². The second-order valence-corrected chi connectivity index (χ2v) is 9.50. The van der Waals surface area contributed by atoms with Crippen molar-refractivity contribution >= 4 is 17.5 Å². The molecule has 0 unspecified atom stereocenters. The van der Waals surface area contributed by atoms with Gasteiger partial charge >= 0.3 is 0 Å². The highest BCUT2D eigenvalue weighted by Gasteiger charge is 2.07. The minimum absolute atomic E-state index is 0.0268. The summed E-state index contributed by atoms with van der Waals surface area (Å²) in [5, 5.41) is 16.2. The number of likely N-dealkylation sites (N-methyl/N-ethyl adjacent to an activating group) is 1. The van der Waals surface area contributed by atoms with Gasteiger partial charge in [-0.05, 0) is 65.0 Å². The van der Waals surface area contributed by atoms with Crippen LogP contribution in [0.4, 0.5) is 0 Å². The first-order chi connectivity index (χ1) is 20.4. The van der Waals surface area contributed by atoms with Crippen molar-refractivity contribution in [1.29, 1.82) is 0 Å². The molecule has 3 N–H and O–H groups in total. The molecule has 0 atom stereocenters. The van der Waals surface area contributed by atoms with E-state index in [1.165, 1.54) is 12.3 Å². The first kappa shape index (κ1) is 38.2. The Bertz CT molecular complexity index is 987. The van der Waals surface area contributed by atoms with Gasteiger partial charge in [-0.2, -0.15) is 0 Å². The molecule has 0 radical (unpaired) electrons. The summed E-state index contributed by atoms with van der Waals surface area (Å²) < 4.78 is 0. The molecule has 0 bridgehead atoms. The minimum atomic E-state index is -0.365. The maximum atomic E-state index is 12.1. The Morgan fingerprint density at radius 2 is 1.26 bits per heavy atom. The summed E-state index contributed by atoms with van der Waals surface area (Å²) in [7, 11) is 1.92. The SMILES string of the molecule is C=CC(=NC=C(C)N[O-])C(=O)NCCN(C)CCNC(=O)CCC=CCC=CCC=CCC=CCC=CCC=CCC. The van der Waals surface area contributed by atoms with Gasteiger partial charge < -0.3 is 26.2 Å². The van der Waals surface area contributed by atoms with Crippen LogP contribution in [0.25, 0.3) is 0 Å². The molecule has 0 fully saturated rings. The van der Waals surface area contributed by atoms with E-state index in [0.29, 0.717) is 44.7 Å². The molecule has 0 aromatic heterocycles. The number of hydrogen-bond donors (Lipinski definition) is 3. The molecular formula is C34H52N5O3-. The molecule has 0 aromatic rings. The summed E-state index contributed by atoms with van der Waals surface area (Å²) >= 11 is 0. The van der Waals surface area contributed by atoms with Crippen LogP contribution in [0.1, 0.15) is 65.2 Å². The first-order valence-corrected chi connectivity index (χ1v) is 14.8. The zero-order valence-electron chi connectivity index (χ0n) is 25.9. The van der Waals surface area contributed by atoms with E-state index >= 15 is 0 Å². The van der Waals surface area contributed by atoms with E-state index in [4.69, 9.17) is 0 Å². The van der Waals surface area contributed by atoms with Crippen LogP contribution in [-0.4, -0.2) is 55.7 Å². The Labute approximate surface area is 254 Å². The summed E-state index contributed by atoms with van der Waals surface area (Å²) in [6, 6.07) is 0. The number of hydrogen-bond acceptors (Lipinski definition) is 6. The van der Waals surface area contributed by atoms with E-state index in [-0.39, 0.29) is 17.5 Å². The van der Waals surface area contributed by atoms with Crippen LogP contribution in [0.15, 0.2) is 102 Å². The predicted molar refractivity (Wildman–Crippen MR) is 179 cm³/mol. The van der Waals surface area contributed by atoms with Crippen LogP contribution in [0.3, 0.4) is 0 Å². The van der Waals surface area contributed by atoms with Crippen LogP contribution in [-0.2, 0) is 9.59 Å². The largest absolute Gasteiger partial charge is 0.761 e. The van der Waals surface area contributed by atoms with Crippen LogP contribution in [0, 0.1) is 5.21 Å². The van der Waals surface area contributed by atoms with Crippen LogP contribution in [0.2, 0.25) is 0 Å². The van der Waals surface area contributed by atoms with Crippen LogP contribution < -0.4 is 16.1 Å². The summed E-state index contributed by atoms with van der Waals surface area (Å²) in [6.45, 7) is 9.51. The molecule has 0 aliphatic rings. The van der Waals surface area contributed by atoms with Crippen molar-refractivity contribution in [2.24, 2.45) is 4.99 Å². The Balaban J connectivity index is 3.85. The lowest BCUT2D eigenvalue weighted by atomic mass is 10.2. The highest BCUT2D eigenvalue weighted by Crippen LogP contribution is 1.98. The number of carbonyl (C=O) groups is 2. The zero-order valence-corrected chi connectivity index (χ0v) is 25.9. The number of hydroxylamine groups is 1. The monoisotopic (exact) mass is 578 g/mol. The topological polar surface area (TPSA) is 109 Å².